The third-order valence-corrected chi connectivity index (χ3v) is 5.52. The highest BCUT2D eigenvalue weighted by Crippen LogP contribution is 2.44. The lowest BCUT2D eigenvalue weighted by Gasteiger charge is -2.40. The van der Waals surface area contributed by atoms with Crippen LogP contribution in [-0.4, -0.2) is 22.0 Å². The molecule has 1 saturated carbocycles. The maximum absolute atomic E-state index is 12.3. The fourth-order valence-corrected chi connectivity index (χ4v) is 3.47. The van der Waals surface area contributed by atoms with Crippen LogP contribution in [0.5, 0.6) is 0 Å². The minimum absolute atomic E-state index is 0.0727. The summed E-state index contributed by atoms with van der Waals surface area (Å²) < 4.78 is 0. The Bertz CT molecular complexity index is 529. The lowest BCUT2D eigenvalue weighted by molar-refractivity contribution is -0.137. The third-order valence-electron chi connectivity index (χ3n) is 4.19. The fraction of sp³-hybridized carbons (Fsp3) is 0.643. The van der Waals surface area contributed by atoms with Crippen LogP contribution in [0, 0.1) is 12.3 Å². The van der Waals surface area contributed by atoms with E-state index in [2.05, 4.69) is 10.3 Å². The van der Waals surface area contributed by atoms with Gasteiger partial charge < -0.3 is 10.4 Å². The first-order chi connectivity index (χ1) is 9.39. The summed E-state index contributed by atoms with van der Waals surface area (Å²) in [4.78, 5) is 27.9. The van der Waals surface area contributed by atoms with Gasteiger partial charge in [-0.1, -0.05) is 13.3 Å². The molecule has 0 radical (unpaired) electrons. The SMILES string of the molecule is CCC1(C(=O)NC(C)c2nc(C)c(C(=O)O)s2)CCC1. The number of thiazole rings is 1. The van der Waals surface area contributed by atoms with Crippen LogP contribution in [0.3, 0.4) is 0 Å². The summed E-state index contributed by atoms with van der Waals surface area (Å²) in [5.74, 6) is -0.891. The van der Waals surface area contributed by atoms with Crippen molar-refractivity contribution < 1.29 is 14.7 Å². The second-order valence-electron chi connectivity index (χ2n) is 5.45. The summed E-state index contributed by atoms with van der Waals surface area (Å²) in [7, 11) is 0. The molecule has 0 aromatic carbocycles. The number of hydrogen-bond acceptors (Lipinski definition) is 4. The van der Waals surface area contributed by atoms with Gasteiger partial charge in [-0.2, -0.15) is 0 Å². The quantitative estimate of drug-likeness (QED) is 0.875. The van der Waals surface area contributed by atoms with Crippen molar-refractivity contribution in [1.29, 1.82) is 0 Å². The van der Waals surface area contributed by atoms with E-state index in [1.54, 1.807) is 6.92 Å². The monoisotopic (exact) mass is 296 g/mol. The Morgan fingerprint density at radius 2 is 2.15 bits per heavy atom. The highest BCUT2D eigenvalue weighted by Gasteiger charge is 2.42. The smallest absolute Gasteiger partial charge is 0.347 e. The van der Waals surface area contributed by atoms with Crippen molar-refractivity contribution in [2.24, 2.45) is 5.41 Å². The number of nitrogens with zero attached hydrogens (tertiary/aromatic N) is 1. The zero-order chi connectivity index (χ0) is 14.9. The minimum atomic E-state index is -0.964. The van der Waals surface area contributed by atoms with E-state index in [0.717, 1.165) is 37.0 Å². The number of carbonyl (C=O) groups is 2. The van der Waals surface area contributed by atoms with Crippen molar-refractivity contribution in [3.63, 3.8) is 0 Å². The van der Waals surface area contributed by atoms with Gasteiger partial charge in [-0.05, 0) is 33.1 Å². The number of aryl methyl sites for hydroxylation is 1. The molecule has 1 aliphatic carbocycles. The lowest BCUT2D eigenvalue weighted by atomic mass is 9.66. The van der Waals surface area contributed by atoms with Crippen LogP contribution in [0.4, 0.5) is 0 Å². The van der Waals surface area contributed by atoms with Gasteiger partial charge in [0.25, 0.3) is 0 Å². The van der Waals surface area contributed by atoms with E-state index in [1.807, 2.05) is 13.8 Å². The number of aromatic nitrogens is 1. The molecule has 1 aromatic heterocycles. The minimum Gasteiger partial charge on any atom is -0.477 e. The first-order valence-corrected chi connectivity index (χ1v) is 7.73. The number of amides is 1. The van der Waals surface area contributed by atoms with Gasteiger partial charge in [0.1, 0.15) is 9.88 Å². The molecule has 6 heteroatoms. The zero-order valence-electron chi connectivity index (χ0n) is 12.0. The molecule has 1 fully saturated rings. The average molecular weight is 296 g/mol. The van der Waals surface area contributed by atoms with Gasteiger partial charge in [-0.3, -0.25) is 4.79 Å². The molecule has 0 spiro atoms. The fourth-order valence-electron chi connectivity index (χ4n) is 2.56. The van der Waals surface area contributed by atoms with Crippen molar-refractivity contribution in [2.75, 3.05) is 0 Å². The number of carbonyl (C=O) groups excluding carboxylic acids is 1. The van der Waals surface area contributed by atoms with Gasteiger partial charge in [0.05, 0.1) is 11.7 Å². The van der Waals surface area contributed by atoms with Gasteiger partial charge in [0, 0.05) is 5.41 Å². The standard InChI is InChI=1S/C14H20N2O3S/c1-4-14(6-5-7-14)13(19)16-9(3)11-15-8(2)10(20-11)12(17)18/h9H,4-7H2,1-3H3,(H,16,19)(H,17,18). The number of rotatable bonds is 5. The highest BCUT2D eigenvalue weighted by molar-refractivity contribution is 7.13. The molecule has 1 heterocycles. The number of carboxylic acids is 1. The van der Waals surface area contributed by atoms with Crippen LogP contribution >= 0.6 is 11.3 Å². The van der Waals surface area contributed by atoms with E-state index in [9.17, 15) is 9.59 Å². The topological polar surface area (TPSA) is 79.3 Å². The summed E-state index contributed by atoms with van der Waals surface area (Å²) in [6.45, 7) is 5.57. The molecule has 2 N–H and O–H groups in total. The number of hydrogen-bond donors (Lipinski definition) is 2. The van der Waals surface area contributed by atoms with Crippen LogP contribution < -0.4 is 5.32 Å². The van der Waals surface area contributed by atoms with Crippen LogP contribution in [0.2, 0.25) is 0 Å². The second-order valence-corrected chi connectivity index (χ2v) is 6.49. The molecular formula is C14H20N2O3S. The zero-order valence-corrected chi connectivity index (χ0v) is 12.8. The Kier molecular flexibility index (Phi) is 4.13. The van der Waals surface area contributed by atoms with Crippen LogP contribution in [0.1, 0.15) is 65.9 Å². The molecule has 0 bridgehead atoms. The molecule has 110 valence electrons. The molecule has 1 aliphatic rings. The molecule has 1 unspecified atom stereocenters. The highest BCUT2D eigenvalue weighted by atomic mass is 32.1. The first kappa shape index (κ1) is 15.0. The van der Waals surface area contributed by atoms with Crippen molar-refractivity contribution in [3.8, 4) is 0 Å². The molecule has 2 rings (SSSR count). The van der Waals surface area contributed by atoms with Gasteiger partial charge in [-0.25, -0.2) is 9.78 Å². The third kappa shape index (κ3) is 2.57. The Morgan fingerprint density at radius 3 is 2.55 bits per heavy atom. The molecular weight excluding hydrogens is 276 g/mol. The van der Waals surface area contributed by atoms with E-state index in [1.165, 1.54) is 0 Å². The number of carboxylic acid groups (broad SMARTS) is 1. The largest absolute Gasteiger partial charge is 0.477 e. The molecule has 0 aliphatic heterocycles. The molecule has 1 atom stereocenters. The Hall–Kier alpha value is -1.43. The van der Waals surface area contributed by atoms with Gasteiger partial charge in [0.15, 0.2) is 0 Å². The second kappa shape index (κ2) is 5.52. The molecule has 5 nitrogen and oxygen atoms in total. The van der Waals surface area contributed by atoms with Crippen molar-refractivity contribution in [2.45, 2.75) is 52.5 Å². The summed E-state index contributed by atoms with van der Waals surface area (Å²) in [6, 6.07) is -0.247. The maximum Gasteiger partial charge on any atom is 0.347 e. The average Bonchev–Trinajstić information content (AvgIpc) is 2.70. The Labute approximate surface area is 122 Å². The van der Waals surface area contributed by atoms with E-state index in [-0.39, 0.29) is 22.2 Å². The van der Waals surface area contributed by atoms with Crippen LogP contribution in [0.25, 0.3) is 0 Å². The summed E-state index contributed by atoms with van der Waals surface area (Å²) in [6.07, 6.45) is 3.84. The predicted octanol–water partition coefficient (Wildman–Crippen LogP) is 2.91. The predicted molar refractivity (Wildman–Crippen MR) is 76.9 cm³/mol. The van der Waals surface area contributed by atoms with Gasteiger partial charge in [0.2, 0.25) is 5.91 Å². The molecule has 20 heavy (non-hydrogen) atoms. The van der Waals surface area contributed by atoms with Crippen molar-refractivity contribution in [3.05, 3.63) is 15.6 Å². The van der Waals surface area contributed by atoms with Crippen molar-refractivity contribution in [1.82, 2.24) is 10.3 Å². The van der Waals surface area contributed by atoms with Crippen LogP contribution in [0.15, 0.2) is 0 Å². The van der Waals surface area contributed by atoms with E-state index in [0.29, 0.717) is 10.7 Å². The molecule has 0 saturated heterocycles. The van der Waals surface area contributed by atoms with E-state index >= 15 is 0 Å². The van der Waals surface area contributed by atoms with Gasteiger partial charge in [-0.15, -0.1) is 11.3 Å². The number of nitrogens with one attached hydrogen (secondary N) is 1. The van der Waals surface area contributed by atoms with E-state index < -0.39 is 5.97 Å². The van der Waals surface area contributed by atoms with Crippen LogP contribution in [-0.2, 0) is 4.79 Å². The van der Waals surface area contributed by atoms with Gasteiger partial charge >= 0.3 is 5.97 Å². The van der Waals surface area contributed by atoms with E-state index in [4.69, 9.17) is 5.11 Å². The summed E-state index contributed by atoms with van der Waals surface area (Å²) in [5.41, 5.74) is 0.295. The maximum atomic E-state index is 12.3. The summed E-state index contributed by atoms with van der Waals surface area (Å²) in [5, 5.41) is 12.7. The first-order valence-electron chi connectivity index (χ1n) is 6.91. The normalized spacial score (nSPS) is 18.1. The van der Waals surface area contributed by atoms with Crippen molar-refractivity contribution >= 4 is 23.2 Å². The Balaban J connectivity index is 2.08. The lowest BCUT2D eigenvalue weighted by Crippen LogP contribution is -2.45. The summed E-state index contributed by atoms with van der Waals surface area (Å²) >= 11 is 1.14. The molecule has 1 amide bonds. The number of aromatic carboxylic acids is 1. The Morgan fingerprint density at radius 1 is 1.50 bits per heavy atom. The molecule has 1 aromatic rings.